The molecular weight excluding hydrogens is 308 g/mol. The summed E-state index contributed by atoms with van der Waals surface area (Å²) >= 11 is 0. The highest BCUT2D eigenvalue weighted by molar-refractivity contribution is 5.76. The van der Waals surface area contributed by atoms with Gasteiger partial charge in [0.05, 0.1) is 24.9 Å². The standard InChI is InChI=1S/C18H26N2O4/c1-2-19-16(22)11-14-17(23)18(24)15(12-21)20(14)10-6-9-13-7-4-3-5-8-13/h3-9,14-15,17-18,21,23-24H,2,10-12H2,1H3,(H,19,22)/b9-6+/t14-,15-,17-,18-/m1/s1. The Bertz CT molecular complexity index is 549. The minimum atomic E-state index is -1.07. The van der Waals surface area contributed by atoms with Crippen molar-refractivity contribution in [2.75, 3.05) is 19.7 Å². The molecule has 0 aromatic heterocycles. The maximum atomic E-state index is 11.9. The van der Waals surface area contributed by atoms with Crippen molar-refractivity contribution in [2.24, 2.45) is 0 Å². The minimum absolute atomic E-state index is 0.0851. The predicted octanol–water partition coefficient (Wildman–Crippen LogP) is -0.00710. The number of likely N-dealkylation sites (tertiary alicyclic amines) is 1. The van der Waals surface area contributed by atoms with Crippen LogP contribution in [0.2, 0.25) is 0 Å². The number of nitrogens with zero attached hydrogens (tertiary/aromatic N) is 1. The van der Waals surface area contributed by atoms with Gasteiger partial charge in [-0.05, 0) is 12.5 Å². The fraction of sp³-hybridized carbons (Fsp3) is 0.500. The molecule has 0 bridgehead atoms. The van der Waals surface area contributed by atoms with Crippen LogP contribution in [0.4, 0.5) is 0 Å². The quantitative estimate of drug-likeness (QED) is 0.563. The molecule has 2 rings (SSSR count). The first-order valence-corrected chi connectivity index (χ1v) is 8.29. The second kappa shape index (κ2) is 8.94. The smallest absolute Gasteiger partial charge is 0.221 e. The molecule has 1 fully saturated rings. The number of benzene rings is 1. The molecule has 0 aliphatic carbocycles. The Labute approximate surface area is 142 Å². The van der Waals surface area contributed by atoms with Gasteiger partial charge in [0.2, 0.25) is 5.91 Å². The highest BCUT2D eigenvalue weighted by Gasteiger charge is 2.47. The zero-order valence-corrected chi connectivity index (χ0v) is 13.9. The third-order valence-corrected chi connectivity index (χ3v) is 4.37. The van der Waals surface area contributed by atoms with Gasteiger partial charge in [-0.3, -0.25) is 9.69 Å². The third kappa shape index (κ3) is 4.42. The molecule has 24 heavy (non-hydrogen) atoms. The first-order chi connectivity index (χ1) is 11.6. The fourth-order valence-corrected chi connectivity index (χ4v) is 3.15. The highest BCUT2D eigenvalue weighted by atomic mass is 16.3. The summed E-state index contributed by atoms with van der Waals surface area (Å²) in [5, 5.41) is 32.7. The molecule has 1 heterocycles. The van der Waals surface area contributed by atoms with Gasteiger partial charge < -0.3 is 20.6 Å². The van der Waals surface area contributed by atoms with Crippen molar-refractivity contribution in [1.82, 2.24) is 10.2 Å². The van der Waals surface area contributed by atoms with Crippen molar-refractivity contribution < 1.29 is 20.1 Å². The van der Waals surface area contributed by atoms with E-state index in [0.717, 1.165) is 5.56 Å². The number of hydrogen-bond acceptors (Lipinski definition) is 5. The zero-order valence-electron chi connectivity index (χ0n) is 13.9. The van der Waals surface area contributed by atoms with E-state index in [1.54, 1.807) is 4.90 Å². The van der Waals surface area contributed by atoms with Crippen molar-refractivity contribution in [3.63, 3.8) is 0 Å². The van der Waals surface area contributed by atoms with E-state index in [4.69, 9.17) is 0 Å². The van der Waals surface area contributed by atoms with E-state index < -0.39 is 24.3 Å². The van der Waals surface area contributed by atoms with E-state index in [2.05, 4.69) is 5.32 Å². The number of carbonyl (C=O) groups excluding carboxylic acids is 1. The van der Waals surface area contributed by atoms with Crippen molar-refractivity contribution in [3.8, 4) is 0 Å². The normalized spacial score (nSPS) is 27.7. The maximum absolute atomic E-state index is 11.9. The third-order valence-electron chi connectivity index (χ3n) is 4.37. The van der Waals surface area contributed by atoms with E-state index in [1.807, 2.05) is 49.4 Å². The Morgan fingerprint density at radius 1 is 1.21 bits per heavy atom. The SMILES string of the molecule is CCNC(=O)C[C@@H]1[C@@H](O)[C@H](O)[C@@H](CO)N1C/C=C/c1ccccc1. The molecule has 4 atom stereocenters. The van der Waals surface area contributed by atoms with Crippen molar-refractivity contribution in [3.05, 3.63) is 42.0 Å². The van der Waals surface area contributed by atoms with Crippen LogP contribution in [0.15, 0.2) is 36.4 Å². The molecular formula is C18H26N2O4. The van der Waals surface area contributed by atoms with Gasteiger partial charge in [0.15, 0.2) is 0 Å². The molecule has 0 spiro atoms. The van der Waals surface area contributed by atoms with Gasteiger partial charge >= 0.3 is 0 Å². The molecule has 1 amide bonds. The average Bonchev–Trinajstić information content (AvgIpc) is 2.80. The lowest BCUT2D eigenvalue weighted by atomic mass is 10.1. The van der Waals surface area contributed by atoms with E-state index in [0.29, 0.717) is 13.1 Å². The maximum Gasteiger partial charge on any atom is 0.221 e. The van der Waals surface area contributed by atoms with Crippen LogP contribution in [0.1, 0.15) is 18.9 Å². The van der Waals surface area contributed by atoms with Crippen LogP contribution in [-0.4, -0.2) is 70.1 Å². The molecule has 4 N–H and O–H groups in total. The molecule has 1 aromatic carbocycles. The van der Waals surface area contributed by atoms with E-state index in [1.165, 1.54) is 0 Å². The number of carbonyl (C=O) groups is 1. The fourth-order valence-electron chi connectivity index (χ4n) is 3.15. The molecule has 0 unspecified atom stereocenters. The molecule has 0 saturated carbocycles. The summed E-state index contributed by atoms with van der Waals surface area (Å²) in [5.41, 5.74) is 1.04. The Morgan fingerprint density at radius 2 is 1.88 bits per heavy atom. The van der Waals surface area contributed by atoms with Crippen LogP contribution in [-0.2, 0) is 4.79 Å². The van der Waals surface area contributed by atoms with Crippen LogP contribution in [0.3, 0.4) is 0 Å². The lowest BCUT2D eigenvalue weighted by Gasteiger charge is -2.28. The van der Waals surface area contributed by atoms with E-state index in [9.17, 15) is 20.1 Å². The highest BCUT2D eigenvalue weighted by Crippen LogP contribution is 2.27. The molecule has 132 valence electrons. The molecule has 1 aromatic rings. The topological polar surface area (TPSA) is 93.0 Å². The lowest BCUT2D eigenvalue weighted by Crippen LogP contribution is -2.43. The van der Waals surface area contributed by atoms with Gasteiger partial charge in [-0.15, -0.1) is 0 Å². The number of hydrogen-bond donors (Lipinski definition) is 4. The summed E-state index contributed by atoms with van der Waals surface area (Å²) in [7, 11) is 0. The summed E-state index contributed by atoms with van der Waals surface area (Å²) in [5.74, 6) is -0.177. The summed E-state index contributed by atoms with van der Waals surface area (Å²) in [6.45, 7) is 2.50. The average molecular weight is 334 g/mol. The number of rotatable bonds is 7. The van der Waals surface area contributed by atoms with E-state index >= 15 is 0 Å². The summed E-state index contributed by atoms with van der Waals surface area (Å²) in [6, 6.07) is 8.66. The van der Waals surface area contributed by atoms with Crippen LogP contribution in [0.5, 0.6) is 0 Å². The van der Waals surface area contributed by atoms with Crippen molar-refractivity contribution in [2.45, 2.75) is 37.6 Å². The predicted molar refractivity (Wildman–Crippen MR) is 92.2 cm³/mol. The van der Waals surface area contributed by atoms with Crippen molar-refractivity contribution >= 4 is 12.0 Å². The molecule has 6 heteroatoms. The molecule has 1 aliphatic heterocycles. The van der Waals surface area contributed by atoms with Crippen LogP contribution < -0.4 is 5.32 Å². The van der Waals surface area contributed by atoms with Gasteiger partial charge in [-0.2, -0.15) is 0 Å². The number of aliphatic hydroxyl groups excluding tert-OH is 3. The summed E-state index contributed by atoms with van der Waals surface area (Å²) < 4.78 is 0. The summed E-state index contributed by atoms with van der Waals surface area (Å²) in [6.07, 6.45) is 1.80. The summed E-state index contributed by atoms with van der Waals surface area (Å²) in [4.78, 5) is 13.7. The minimum Gasteiger partial charge on any atom is -0.395 e. The van der Waals surface area contributed by atoms with Crippen LogP contribution in [0.25, 0.3) is 6.08 Å². The Hall–Kier alpha value is -1.73. The second-order valence-corrected chi connectivity index (χ2v) is 5.97. The Morgan fingerprint density at radius 3 is 2.50 bits per heavy atom. The van der Waals surface area contributed by atoms with Gasteiger partial charge in [0.25, 0.3) is 0 Å². The first kappa shape index (κ1) is 18.6. The second-order valence-electron chi connectivity index (χ2n) is 5.97. The largest absolute Gasteiger partial charge is 0.395 e. The Balaban J connectivity index is 2.08. The monoisotopic (exact) mass is 334 g/mol. The number of nitrogens with one attached hydrogen (secondary N) is 1. The molecule has 0 radical (unpaired) electrons. The first-order valence-electron chi connectivity index (χ1n) is 8.29. The van der Waals surface area contributed by atoms with Crippen LogP contribution >= 0.6 is 0 Å². The Kier molecular flexibility index (Phi) is 6.93. The zero-order chi connectivity index (χ0) is 17.5. The molecule has 6 nitrogen and oxygen atoms in total. The number of aliphatic hydroxyl groups is 3. The van der Waals surface area contributed by atoms with Gasteiger partial charge in [0.1, 0.15) is 0 Å². The molecule has 1 aliphatic rings. The van der Waals surface area contributed by atoms with Gasteiger partial charge in [0, 0.05) is 25.6 Å². The van der Waals surface area contributed by atoms with E-state index in [-0.39, 0.29) is 18.9 Å². The van der Waals surface area contributed by atoms with Crippen LogP contribution in [0, 0.1) is 0 Å². The van der Waals surface area contributed by atoms with Gasteiger partial charge in [-0.1, -0.05) is 42.5 Å². The molecule has 1 saturated heterocycles. The van der Waals surface area contributed by atoms with Crippen molar-refractivity contribution in [1.29, 1.82) is 0 Å². The number of amides is 1. The lowest BCUT2D eigenvalue weighted by molar-refractivity contribution is -0.122. The van der Waals surface area contributed by atoms with Gasteiger partial charge in [-0.25, -0.2) is 0 Å².